The van der Waals surface area contributed by atoms with E-state index in [-0.39, 0.29) is 24.3 Å². The number of carbonyl (C=O) groups excluding carboxylic acids is 3. The van der Waals surface area contributed by atoms with Crippen LogP contribution in [0.25, 0.3) is 0 Å². The van der Waals surface area contributed by atoms with Gasteiger partial charge in [0.25, 0.3) is 5.91 Å². The van der Waals surface area contributed by atoms with Crippen molar-refractivity contribution in [1.29, 1.82) is 0 Å². The van der Waals surface area contributed by atoms with Crippen molar-refractivity contribution in [2.75, 3.05) is 12.0 Å². The molecule has 1 aromatic carbocycles. The van der Waals surface area contributed by atoms with Gasteiger partial charge in [0.15, 0.2) is 0 Å². The Kier molecular flexibility index (Phi) is 4.66. The van der Waals surface area contributed by atoms with Crippen LogP contribution in [-0.4, -0.2) is 47.5 Å². The number of hydrazine groups is 1. The Balaban J connectivity index is 1.64. The van der Waals surface area contributed by atoms with E-state index in [0.29, 0.717) is 12.8 Å². The van der Waals surface area contributed by atoms with E-state index in [1.807, 2.05) is 30.3 Å². The zero-order valence-electron chi connectivity index (χ0n) is 13.3. The molecule has 8 heteroatoms. The number of hydrogen-bond donors (Lipinski definition) is 3. The Morgan fingerprint density at radius 1 is 1.21 bits per heavy atom. The number of fused-ring (bicyclic) bond motifs is 1. The maximum atomic E-state index is 12.6. The summed E-state index contributed by atoms with van der Waals surface area (Å²) in [7, 11) is 0. The Morgan fingerprint density at radius 2 is 1.96 bits per heavy atom. The molecule has 0 spiro atoms. The fourth-order valence-electron chi connectivity index (χ4n) is 3.04. The first-order chi connectivity index (χ1) is 11.6. The number of para-hydroxylation sites is 1. The fraction of sp³-hybridized carbons (Fsp3) is 0.438. The molecule has 1 aromatic rings. The third-order valence-corrected chi connectivity index (χ3v) is 4.12. The molecule has 3 amide bonds. The zero-order valence-corrected chi connectivity index (χ0v) is 13.3. The summed E-state index contributed by atoms with van der Waals surface area (Å²) in [5, 5.41) is 2.56. The summed E-state index contributed by atoms with van der Waals surface area (Å²) in [5.74, 6) is -0.887. The number of anilines is 1. The smallest absolute Gasteiger partial charge is 0.261 e. The van der Waals surface area contributed by atoms with Gasteiger partial charge in [0.1, 0.15) is 18.3 Å². The molecule has 24 heavy (non-hydrogen) atoms. The number of amides is 3. The standard InChI is InChI=1S/C16H20N4O4/c1-10(21)17-12-9-24-14-8-7-13(20(14)16(12)23)15(22)19-18-11-5-3-2-4-6-11/h2-6,12-14,18H,7-9H2,1H3,(H,17,21)(H,19,22)/t12?,13-,14?/m0/s1. The van der Waals surface area contributed by atoms with E-state index in [4.69, 9.17) is 4.74 Å². The summed E-state index contributed by atoms with van der Waals surface area (Å²) < 4.78 is 5.62. The number of nitrogens with zero attached hydrogens (tertiary/aromatic N) is 1. The number of rotatable bonds is 4. The molecular weight excluding hydrogens is 312 g/mol. The number of ether oxygens (including phenoxy) is 1. The van der Waals surface area contributed by atoms with E-state index >= 15 is 0 Å². The molecule has 0 radical (unpaired) electrons. The Labute approximate surface area is 139 Å². The largest absolute Gasteiger partial charge is 0.356 e. The van der Waals surface area contributed by atoms with Crippen LogP contribution >= 0.6 is 0 Å². The van der Waals surface area contributed by atoms with Crippen molar-refractivity contribution in [3.63, 3.8) is 0 Å². The molecule has 0 aliphatic carbocycles. The van der Waals surface area contributed by atoms with Crippen molar-refractivity contribution < 1.29 is 19.1 Å². The van der Waals surface area contributed by atoms with Gasteiger partial charge in [-0.1, -0.05) is 18.2 Å². The maximum Gasteiger partial charge on any atom is 0.261 e. The summed E-state index contributed by atoms with van der Waals surface area (Å²) in [6, 6.07) is 7.85. The highest BCUT2D eigenvalue weighted by molar-refractivity contribution is 5.93. The van der Waals surface area contributed by atoms with Crippen LogP contribution in [0.4, 0.5) is 5.69 Å². The van der Waals surface area contributed by atoms with Crippen LogP contribution in [-0.2, 0) is 19.1 Å². The summed E-state index contributed by atoms with van der Waals surface area (Å²) in [4.78, 5) is 37.6. The summed E-state index contributed by atoms with van der Waals surface area (Å²) in [6.45, 7) is 1.48. The molecule has 0 bridgehead atoms. The minimum atomic E-state index is -0.741. The molecule has 3 N–H and O–H groups in total. The molecule has 2 unspecified atom stereocenters. The molecule has 0 saturated carbocycles. The molecule has 0 aromatic heterocycles. The normalized spacial score (nSPS) is 25.8. The van der Waals surface area contributed by atoms with Crippen molar-refractivity contribution in [3.8, 4) is 0 Å². The SMILES string of the molecule is CC(=O)NC1COC2CC[C@@H](C(=O)NNc3ccccc3)N2C1=O. The predicted molar refractivity (Wildman–Crippen MR) is 85.4 cm³/mol. The minimum absolute atomic E-state index is 0.135. The topological polar surface area (TPSA) is 99.8 Å². The van der Waals surface area contributed by atoms with Crippen molar-refractivity contribution in [2.45, 2.75) is 38.1 Å². The van der Waals surface area contributed by atoms with E-state index in [1.54, 1.807) is 0 Å². The van der Waals surface area contributed by atoms with Gasteiger partial charge in [0.05, 0.1) is 12.3 Å². The minimum Gasteiger partial charge on any atom is -0.356 e. The summed E-state index contributed by atoms with van der Waals surface area (Å²) in [5.41, 5.74) is 6.20. The average Bonchev–Trinajstić information content (AvgIpc) is 3.01. The lowest BCUT2D eigenvalue weighted by Crippen LogP contribution is -2.61. The summed E-state index contributed by atoms with van der Waals surface area (Å²) >= 11 is 0. The van der Waals surface area contributed by atoms with E-state index in [1.165, 1.54) is 11.8 Å². The quantitative estimate of drug-likeness (QED) is 0.673. The maximum absolute atomic E-state index is 12.6. The van der Waals surface area contributed by atoms with Gasteiger partial charge < -0.3 is 15.0 Å². The number of hydrogen-bond acceptors (Lipinski definition) is 5. The molecule has 2 fully saturated rings. The average molecular weight is 332 g/mol. The molecule has 2 aliphatic heterocycles. The highest BCUT2D eigenvalue weighted by Gasteiger charge is 2.47. The number of nitrogens with one attached hydrogen (secondary N) is 3. The third kappa shape index (κ3) is 3.33. The molecule has 128 valence electrons. The molecule has 2 heterocycles. The molecule has 2 aliphatic rings. The van der Waals surface area contributed by atoms with Gasteiger partial charge >= 0.3 is 0 Å². The van der Waals surface area contributed by atoms with Gasteiger partial charge in [-0.2, -0.15) is 0 Å². The van der Waals surface area contributed by atoms with Crippen molar-refractivity contribution in [3.05, 3.63) is 30.3 Å². The third-order valence-electron chi connectivity index (χ3n) is 4.12. The molecule has 8 nitrogen and oxygen atoms in total. The first kappa shape index (κ1) is 16.3. The second-order valence-electron chi connectivity index (χ2n) is 5.86. The van der Waals surface area contributed by atoms with Gasteiger partial charge in [0, 0.05) is 6.92 Å². The van der Waals surface area contributed by atoms with Crippen molar-refractivity contribution in [2.24, 2.45) is 0 Å². The molecule has 3 rings (SSSR count). The van der Waals surface area contributed by atoms with Gasteiger partial charge in [0.2, 0.25) is 11.8 Å². The Hall–Kier alpha value is -2.61. The van der Waals surface area contributed by atoms with Gasteiger partial charge in [-0.25, -0.2) is 0 Å². The van der Waals surface area contributed by atoms with Crippen LogP contribution in [0, 0.1) is 0 Å². The van der Waals surface area contributed by atoms with E-state index in [2.05, 4.69) is 16.2 Å². The highest BCUT2D eigenvalue weighted by Crippen LogP contribution is 2.29. The number of benzene rings is 1. The molecular formula is C16H20N4O4. The lowest BCUT2D eigenvalue weighted by molar-refractivity contribution is -0.167. The highest BCUT2D eigenvalue weighted by atomic mass is 16.5. The Bertz CT molecular complexity index is 636. The van der Waals surface area contributed by atoms with Crippen molar-refractivity contribution in [1.82, 2.24) is 15.6 Å². The number of carbonyl (C=O) groups is 3. The Morgan fingerprint density at radius 3 is 2.67 bits per heavy atom. The predicted octanol–water partition coefficient (Wildman–Crippen LogP) is -0.0183. The van der Waals surface area contributed by atoms with Gasteiger partial charge in [-0.05, 0) is 25.0 Å². The van der Waals surface area contributed by atoms with Crippen LogP contribution in [0.1, 0.15) is 19.8 Å². The van der Waals surface area contributed by atoms with Gasteiger partial charge in [-0.15, -0.1) is 0 Å². The monoisotopic (exact) mass is 332 g/mol. The molecule has 2 saturated heterocycles. The molecule has 3 atom stereocenters. The zero-order chi connectivity index (χ0) is 17.1. The van der Waals surface area contributed by atoms with E-state index in [0.717, 1.165) is 5.69 Å². The van der Waals surface area contributed by atoms with Gasteiger partial charge in [-0.3, -0.25) is 25.2 Å². The van der Waals surface area contributed by atoms with E-state index in [9.17, 15) is 14.4 Å². The lowest BCUT2D eigenvalue weighted by atomic mass is 10.2. The second-order valence-corrected chi connectivity index (χ2v) is 5.86. The van der Waals surface area contributed by atoms with Crippen LogP contribution in [0.2, 0.25) is 0 Å². The second kappa shape index (κ2) is 6.88. The first-order valence-electron chi connectivity index (χ1n) is 7.88. The first-order valence-corrected chi connectivity index (χ1v) is 7.88. The van der Waals surface area contributed by atoms with Crippen molar-refractivity contribution >= 4 is 23.4 Å². The lowest BCUT2D eigenvalue weighted by Gasteiger charge is -2.37. The van der Waals surface area contributed by atoms with Crippen LogP contribution in [0.5, 0.6) is 0 Å². The van der Waals surface area contributed by atoms with Crippen LogP contribution < -0.4 is 16.2 Å². The van der Waals surface area contributed by atoms with E-state index < -0.39 is 18.3 Å². The fourth-order valence-corrected chi connectivity index (χ4v) is 3.04. The summed E-state index contributed by atoms with van der Waals surface area (Å²) in [6.07, 6.45) is 0.711. The van der Waals surface area contributed by atoms with Crippen LogP contribution in [0.15, 0.2) is 30.3 Å². The van der Waals surface area contributed by atoms with Crippen LogP contribution in [0.3, 0.4) is 0 Å².